The Balaban J connectivity index is 2.07. The highest BCUT2D eigenvalue weighted by molar-refractivity contribution is 6.35. The number of pyridine rings is 1. The zero-order valence-electron chi connectivity index (χ0n) is 12.1. The van der Waals surface area contributed by atoms with Gasteiger partial charge in [0.2, 0.25) is 0 Å². The van der Waals surface area contributed by atoms with Gasteiger partial charge in [-0.3, -0.25) is 0 Å². The van der Waals surface area contributed by atoms with Crippen LogP contribution in [0.25, 0.3) is 10.8 Å². The fraction of sp³-hybridized carbons (Fsp3) is 0.0588. The van der Waals surface area contributed by atoms with Crippen molar-refractivity contribution in [3.8, 4) is 17.2 Å². The summed E-state index contributed by atoms with van der Waals surface area (Å²) >= 11 is 6.12. The molecular formula is C17H12ClNO4. The maximum Gasteiger partial charge on any atom is 0.360 e. The highest BCUT2D eigenvalue weighted by Gasteiger charge is 2.19. The molecule has 3 aromatic rings. The molecule has 0 bridgehead atoms. The van der Waals surface area contributed by atoms with E-state index in [1.807, 2.05) is 30.3 Å². The van der Waals surface area contributed by atoms with Crippen LogP contribution in [0.15, 0.2) is 48.5 Å². The van der Waals surface area contributed by atoms with Crippen LogP contribution in [0.1, 0.15) is 10.5 Å². The Morgan fingerprint density at radius 2 is 1.83 bits per heavy atom. The SMILES string of the molecule is COC(=O)c1nc(Cl)c2cc(Oc3ccccc3)ccc2c1O. The van der Waals surface area contributed by atoms with Gasteiger partial charge in [0.1, 0.15) is 16.7 Å². The van der Waals surface area contributed by atoms with E-state index in [0.717, 1.165) is 0 Å². The summed E-state index contributed by atoms with van der Waals surface area (Å²) in [6.07, 6.45) is 0. The number of carbonyl (C=O) groups excluding carboxylic acids is 1. The van der Waals surface area contributed by atoms with E-state index in [9.17, 15) is 9.90 Å². The number of carbonyl (C=O) groups is 1. The molecule has 1 aromatic heterocycles. The summed E-state index contributed by atoms with van der Waals surface area (Å²) in [6, 6.07) is 14.2. The van der Waals surface area contributed by atoms with E-state index in [2.05, 4.69) is 9.72 Å². The largest absolute Gasteiger partial charge is 0.505 e. The summed E-state index contributed by atoms with van der Waals surface area (Å²) in [6.45, 7) is 0. The molecule has 1 N–H and O–H groups in total. The Morgan fingerprint density at radius 1 is 1.09 bits per heavy atom. The quantitative estimate of drug-likeness (QED) is 0.577. The van der Waals surface area contributed by atoms with Gasteiger partial charge < -0.3 is 14.6 Å². The van der Waals surface area contributed by atoms with E-state index in [0.29, 0.717) is 22.3 Å². The predicted molar refractivity (Wildman–Crippen MR) is 86.3 cm³/mol. The Labute approximate surface area is 137 Å². The third-order valence-electron chi connectivity index (χ3n) is 3.26. The number of ether oxygens (including phenoxy) is 2. The first-order valence-corrected chi connectivity index (χ1v) is 7.11. The molecule has 0 saturated heterocycles. The normalized spacial score (nSPS) is 10.5. The van der Waals surface area contributed by atoms with Crippen LogP contribution >= 0.6 is 11.6 Å². The molecule has 6 heteroatoms. The molecule has 23 heavy (non-hydrogen) atoms. The van der Waals surface area contributed by atoms with Crippen LogP contribution in [0.4, 0.5) is 0 Å². The summed E-state index contributed by atoms with van der Waals surface area (Å²) in [5.41, 5.74) is -0.221. The van der Waals surface area contributed by atoms with Crippen molar-refractivity contribution in [1.29, 1.82) is 0 Å². The number of para-hydroxylation sites is 1. The summed E-state index contributed by atoms with van der Waals surface area (Å²) in [7, 11) is 1.21. The van der Waals surface area contributed by atoms with Gasteiger partial charge in [-0.25, -0.2) is 9.78 Å². The van der Waals surface area contributed by atoms with Gasteiger partial charge in [-0.2, -0.15) is 0 Å². The van der Waals surface area contributed by atoms with E-state index in [1.54, 1.807) is 18.2 Å². The molecule has 0 unspecified atom stereocenters. The number of hydrogen-bond acceptors (Lipinski definition) is 5. The molecule has 0 aliphatic rings. The van der Waals surface area contributed by atoms with Gasteiger partial charge in [-0.1, -0.05) is 29.8 Å². The molecule has 0 radical (unpaired) electrons. The zero-order chi connectivity index (χ0) is 16.4. The van der Waals surface area contributed by atoms with Gasteiger partial charge in [0.15, 0.2) is 11.4 Å². The van der Waals surface area contributed by atoms with Crippen molar-refractivity contribution >= 4 is 28.3 Å². The minimum atomic E-state index is -0.754. The lowest BCUT2D eigenvalue weighted by Gasteiger charge is -2.10. The molecule has 0 fully saturated rings. The first-order chi connectivity index (χ1) is 11.1. The van der Waals surface area contributed by atoms with Crippen molar-refractivity contribution in [2.24, 2.45) is 0 Å². The van der Waals surface area contributed by atoms with Crippen molar-refractivity contribution in [1.82, 2.24) is 4.98 Å². The first-order valence-electron chi connectivity index (χ1n) is 6.73. The Morgan fingerprint density at radius 3 is 2.52 bits per heavy atom. The van der Waals surface area contributed by atoms with E-state index in [4.69, 9.17) is 16.3 Å². The second kappa shape index (κ2) is 6.14. The van der Waals surface area contributed by atoms with Crippen molar-refractivity contribution in [3.63, 3.8) is 0 Å². The number of aromatic nitrogens is 1. The van der Waals surface area contributed by atoms with E-state index in [-0.39, 0.29) is 16.6 Å². The number of fused-ring (bicyclic) bond motifs is 1. The van der Waals surface area contributed by atoms with Crippen LogP contribution in [0.5, 0.6) is 17.2 Å². The minimum absolute atomic E-state index is 0.0803. The molecular weight excluding hydrogens is 318 g/mol. The van der Waals surface area contributed by atoms with Crippen molar-refractivity contribution in [3.05, 3.63) is 59.4 Å². The average molecular weight is 330 g/mol. The molecule has 3 rings (SSSR count). The summed E-state index contributed by atoms with van der Waals surface area (Å²) in [4.78, 5) is 15.5. The lowest BCUT2D eigenvalue weighted by molar-refractivity contribution is 0.0591. The third kappa shape index (κ3) is 2.91. The maximum atomic E-state index is 11.6. The van der Waals surface area contributed by atoms with Gasteiger partial charge in [0, 0.05) is 10.8 Å². The number of aromatic hydroxyl groups is 1. The minimum Gasteiger partial charge on any atom is -0.505 e. The summed E-state index contributed by atoms with van der Waals surface area (Å²) < 4.78 is 10.3. The van der Waals surface area contributed by atoms with Crippen LogP contribution in [0, 0.1) is 0 Å². The monoisotopic (exact) mass is 329 g/mol. The predicted octanol–water partition coefficient (Wildman–Crippen LogP) is 4.17. The second-order valence-electron chi connectivity index (χ2n) is 4.71. The number of halogens is 1. The molecule has 1 heterocycles. The standard InChI is InChI=1S/C17H12ClNO4/c1-22-17(21)14-15(20)12-8-7-11(9-13(12)16(18)19-14)23-10-5-3-2-4-6-10/h2-9,20H,1H3. The topological polar surface area (TPSA) is 68.7 Å². The number of rotatable bonds is 3. The number of benzene rings is 2. The first kappa shape index (κ1) is 15.1. The van der Waals surface area contributed by atoms with E-state index < -0.39 is 5.97 Å². The summed E-state index contributed by atoms with van der Waals surface area (Å²) in [5.74, 6) is 0.183. The van der Waals surface area contributed by atoms with Gasteiger partial charge in [0.05, 0.1) is 7.11 Å². The van der Waals surface area contributed by atoms with Crippen LogP contribution in [0.3, 0.4) is 0 Å². The fourth-order valence-corrected chi connectivity index (χ4v) is 2.41. The fourth-order valence-electron chi connectivity index (χ4n) is 2.17. The number of nitrogens with zero attached hydrogens (tertiary/aromatic N) is 1. The van der Waals surface area contributed by atoms with E-state index >= 15 is 0 Å². The van der Waals surface area contributed by atoms with Crippen LogP contribution in [-0.2, 0) is 4.74 Å². The van der Waals surface area contributed by atoms with Gasteiger partial charge >= 0.3 is 5.97 Å². The molecule has 0 aliphatic carbocycles. The smallest absolute Gasteiger partial charge is 0.360 e. The third-order valence-corrected chi connectivity index (χ3v) is 3.55. The molecule has 0 spiro atoms. The molecule has 0 amide bonds. The lowest BCUT2D eigenvalue weighted by Crippen LogP contribution is -2.05. The summed E-state index contributed by atoms with van der Waals surface area (Å²) in [5, 5.41) is 11.1. The number of hydrogen-bond donors (Lipinski definition) is 1. The van der Waals surface area contributed by atoms with Gasteiger partial charge in [-0.05, 0) is 30.3 Å². The molecule has 116 valence electrons. The number of methoxy groups -OCH3 is 1. The van der Waals surface area contributed by atoms with Crippen molar-refractivity contribution in [2.75, 3.05) is 7.11 Å². The highest BCUT2D eigenvalue weighted by atomic mass is 35.5. The average Bonchev–Trinajstić information content (AvgIpc) is 2.58. The Kier molecular flexibility index (Phi) is 4.04. The van der Waals surface area contributed by atoms with Crippen LogP contribution in [-0.4, -0.2) is 23.2 Å². The molecule has 2 aromatic carbocycles. The van der Waals surface area contributed by atoms with Gasteiger partial charge in [-0.15, -0.1) is 0 Å². The Bertz CT molecular complexity index is 881. The van der Waals surface area contributed by atoms with Crippen LogP contribution < -0.4 is 4.74 Å². The zero-order valence-corrected chi connectivity index (χ0v) is 12.9. The molecule has 0 atom stereocenters. The van der Waals surface area contributed by atoms with Crippen molar-refractivity contribution in [2.45, 2.75) is 0 Å². The number of esters is 1. The maximum absolute atomic E-state index is 11.6. The van der Waals surface area contributed by atoms with E-state index in [1.165, 1.54) is 7.11 Å². The Hall–Kier alpha value is -2.79. The highest BCUT2D eigenvalue weighted by Crippen LogP contribution is 2.35. The van der Waals surface area contributed by atoms with Crippen molar-refractivity contribution < 1.29 is 19.4 Å². The molecule has 0 saturated carbocycles. The molecule has 5 nitrogen and oxygen atoms in total. The van der Waals surface area contributed by atoms with Gasteiger partial charge in [0.25, 0.3) is 0 Å². The van der Waals surface area contributed by atoms with Crippen LogP contribution in [0.2, 0.25) is 5.15 Å². The lowest BCUT2D eigenvalue weighted by atomic mass is 10.1. The molecule has 0 aliphatic heterocycles. The second-order valence-corrected chi connectivity index (χ2v) is 5.07.